The maximum atomic E-state index is 11.8. The predicted octanol–water partition coefficient (Wildman–Crippen LogP) is 4.42. The minimum Gasteiger partial charge on any atom is -0.493 e. The molecule has 0 aliphatic heterocycles. The topological polar surface area (TPSA) is 38.3 Å². The Morgan fingerprint density at radius 2 is 1.95 bits per heavy atom. The first-order valence-corrected chi connectivity index (χ1v) is 7.74. The van der Waals surface area contributed by atoms with Gasteiger partial charge in [0.15, 0.2) is 0 Å². The van der Waals surface area contributed by atoms with Gasteiger partial charge in [-0.1, -0.05) is 41.1 Å². The minimum atomic E-state index is -0.0571. The molecule has 0 aromatic heterocycles. The van der Waals surface area contributed by atoms with Crippen LogP contribution in [-0.2, 0) is 11.2 Å². The first-order valence-electron chi connectivity index (χ1n) is 6.94. The van der Waals surface area contributed by atoms with Crippen molar-refractivity contribution in [3.05, 3.63) is 58.6 Å². The van der Waals surface area contributed by atoms with E-state index in [1.807, 2.05) is 48.5 Å². The molecule has 110 valence electrons. The zero-order chi connectivity index (χ0) is 15.1. The summed E-state index contributed by atoms with van der Waals surface area (Å²) in [5.41, 5.74) is 2.05. The Morgan fingerprint density at radius 1 is 1.19 bits per heavy atom. The van der Waals surface area contributed by atoms with Crippen molar-refractivity contribution in [2.24, 2.45) is 0 Å². The zero-order valence-corrected chi connectivity index (χ0v) is 13.5. The average Bonchev–Trinajstić information content (AvgIpc) is 2.48. The van der Waals surface area contributed by atoms with Crippen LogP contribution >= 0.6 is 15.9 Å². The highest BCUT2D eigenvalue weighted by Crippen LogP contribution is 2.16. The first kappa shape index (κ1) is 15.6. The fourth-order valence-electron chi connectivity index (χ4n) is 1.87. The Bertz CT molecular complexity index is 596. The van der Waals surface area contributed by atoms with Crippen molar-refractivity contribution in [3.63, 3.8) is 0 Å². The number of carbonyl (C=O) groups is 1. The SMILES string of the molecule is CCc1ccc(OCCC(=O)Nc2cccc(Br)c2)cc1. The van der Waals surface area contributed by atoms with Crippen molar-refractivity contribution < 1.29 is 9.53 Å². The smallest absolute Gasteiger partial charge is 0.227 e. The van der Waals surface area contributed by atoms with Gasteiger partial charge in [-0.3, -0.25) is 4.79 Å². The molecule has 0 heterocycles. The Kier molecular flexibility index (Phi) is 5.81. The fourth-order valence-corrected chi connectivity index (χ4v) is 2.27. The van der Waals surface area contributed by atoms with E-state index in [-0.39, 0.29) is 5.91 Å². The lowest BCUT2D eigenvalue weighted by Gasteiger charge is -2.08. The number of carbonyl (C=O) groups excluding carboxylic acids is 1. The number of hydrogen-bond donors (Lipinski definition) is 1. The summed E-state index contributed by atoms with van der Waals surface area (Å²) in [5, 5.41) is 2.84. The van der Waals surface area contributed by atoms with Crippen LogP contribution in [-0.4, -0.2) is 12.5 Å². The summed E-state index contributed by atoms with van der Waals surface area (Å²) in [7, 11) is 0. The lowest BCUT2D eigenvalue weighted by atomic mass is 10.2. The van der Waals surface area contributed by atoms with Gasteiger partial charge in [0.1, 0.15) is 5.75 Å². The third-order valence-electron chi connectivity index (χ3n) is 3.04. The summed E-state index contributed by atoms with van der Waals surface area (Å²) in [5.74, 6) is 0.737. The van der Waals surface area contributed by atoms with E-state index >= 15 is 0 Å². The molecule has 2 aromatic rings. The number of amides is 1. The predicted molar refractivity (Wildman–Crippen MR) is 88.7 cm³/mol. The second-order valence-corrected chi connectivity index (χ2v) is 5.57. The van der Waals surface area contributed by atoms with Crippen molar-refractivity contribution in [3.8, 4) is 5.75 Å². The highest BCUT2D eigenvalue weighted by atomic mass is 79.9. The largest absolute Gasteiger partial charge is 0.493 e. The number of halogens is 1. The van der Waals surface area contributed by atoms with Crippen LogP contribution in [0.4, 0.5) is 5.69 Å². The Morgan fingerprint density at radius 3 is 2.62 bits per heavy atom. The molecule has 2 rings (SSSR count). The fraction of sp³-hybridized carbons (Fsp3) is 0.235. The molecular formula is C17H18BrNO2. The quantitative estimate of drug-likeness (QED) is 0.839. The summed E-state index contributed by atoms with van der Waals surface area (Å²) in [6, 6.07) is 15.5. The minimum absolute atomic E-state index is 0.0571. The molecule has 1 amide bonds. The van der Waals surface area contributed by atoms with Crippen molar-refractivity contribution in [1.82, 2.24) is 0 Å². The van der Waals surface area contributed by atoms with Crippen LogP contribution in [0.5, 0.6) is 5.75 Å². The van der Waals surface area contributed by atoms with Gasteiger partial charge in [0.05, 0.1) is 13.0 Å². The molecule has 2 aromatic carbocycles. The van der Waals surface area contributed by atoms with Crippen molar-refractivity contribution in [2.75, 3.05) is 11.9 Å². The Labute approximate surface area is 133 Å². The summed E-state index contributed by atoms with van der Waals surface area (Å²) in [6.45, 7) is 2.48. The molecule has 1 N–H and O–H groups in total. The molecule has 3 nitrogen and oxygen atoms in total. The van der Waals surface area contributed by atoms with Crippen LogP contribution < -0.4 is 10.1 Å². The molecule has 0 spiro atoms. The molecule has 0 aliphatic rings. The van der Waals surface area contributed by atoms with Gasteiger partial charge in [0, 0.05) is 10.2 Å². The van der Waals surface area contributed by atoms with E-state index in [1.165, 1.54) is 5.56 Å². The number of benzene rings is 2. The van der Waals surface area contributed by atoms with Gasteiger partial charge >= 0.3 is 0 Å². The molecule has 4 heteroatoms. The summed E-state index contributed by atoms with van der Waals surface area (Å²) in [4.78, 5) is 11.8. The molecule has 0 atom stereocenters. The molecule has 0 unspecified atom stereocenters. The normalized spacial score (nSPS) is 10.2. The van der Waals surface area contributed by atoms with E-state index in [9.17, 15) is 4.79 Å². The zero-order valence-electron chi connectivity index (χ0n) is 11.9. The second-order valence-electron chi connectivity index (χ2n) is 4.65. The average molecular weight is 348 g/mol. The van der Waals surface area contributed by atoms with E-state index in [0.717, 1.165) is 22.3 Å². The van der Waals surface area contributed by atoms with Gasteiger partial charge < -0.3 is 10.1 Å². The molecule has 0 aliphatic carbocycles. The molecule has 0 radical (unpaired) electrons. The van der Waals surface area contributed by atoms with Gasteiger partial charge in [-0.15, -0.1) is 0 Å². The van der Waals surface area contributed by atoms with Gasteiger partial charge in [-0.2, -0.15) is 0 Å². The van der Waals surface area contributed by atoms with Gasteiger partial charge in [0.25, 0.3) is 0 Å². The van der Waals surface area contributed by atoms with E-state index in [0.29, 0.717) is 13.0 Å². The summed E-state index contributed by atoms with van der Waals surface area (Å²) in [6.07, 6.45) is 1.33. The van der Waals surface area contributed by atoms with E-state index in [4.69, 9.17) is 4.74 Å². The molecule has 0 bridgehead atoms. The Hall–Kier alpha value is -1.81. The molecule has 0 fully saturated rings. The van der Waals surface area contributed by atoms with Crippen molar-refractivity contribution in [1.29, 1.82) is 0 Å². The number of aryl methyl sites for hydroxylation is 1. The van der Waals surface area contributed by atoms with E-state index < -0.39 is 0 Å². The third-order valence-corrected chi connectivity index (χ3v) is 3.53. The number of hydrogen-bond acceptors (Lipinski definition) is 2. The maximum absolute atomic E-state index is 11.8. The van der Waals surface area contributed by atoms with Crippen LogP contribution in [0.3, 0.4) is 0 Å². The highest BCUT2D eigenvalue weighted by molar-refractivity contribution is 9.10. The summed E-state index contributed by atoms with van der Waals surface area (Å²) >= 11 is 3.37. The number of nitrogens with one attached hydrogen (secondary N) is 1. The lowest BCUT2D eigenvalue weighted by molar-refractivity contribution is -0.116. The number of anilines is 1. The number of ether oxygens (including phenoxy) is 1. The third kappa shape index (κ3) is 5.23. The van der Waals surface area contributed by atoms with Gasteiger partial charge in [0.2, 0.25) is 5.91 Å². The highest BCUT2D eigenvalue weighted by Gasteiger charge is 2.03. The van der Waals surface area contributed by atoms with Crippen LogP contribution in [0.1, 0.15) is 18.9 Å². The van der Waals surface area contributed by atoms with Crippen LogP contribution in [0.15, 0.2) is 53.0 Å². The van der Waals surface area contributed by atoms with Gasteiger partial charge in [-0.05, 0) is 42.3 Å². The molecule has 21 heavy (non-hydrogen) atoms. The standard InChI is InChI=1S/C17H18BrNO2/c1-2-13-6-8-16(9-7-13)21-11-10-17(20)19-15-5-3-4-14(18)12-15/h3-9,12H,2,10-11H2,1H3,(H,19,20). The summed E-state index contributed by atoms with van der Waals surface area (Å²) < 4.78 is 6.51. The second kappa shape index (κ2) is 7.84. The first-order chi connectivity index (χ1) is 10.2. The number of rotatable bonds is 6. The van der Waals surface area contributed by atoms with Gasteiger partial charge in [-0.25, -0.2) is 0 Å². The van der Waals surface area contributed by atoms with Crippen LogP contribution in [0.25, 0.3) is 0 Å². The van der Waals surface area contributed by atoms with E-state index in [2.05, 4.69) is 28.2 Å². The monoisotopic (exact) mass is 347 g/mol. The van der Waals surface area contributed by atoms with Crippen LogP contribution in [0, 0.1) is 0 Å². The lowest BCUT2D eigenvalue weighted by Crippen LogP contribution is -2.15. The van der Waals surface area contributed by atoms with Crippen molar-refractivity contribution in [2.45, 2.75) is 19.8 Å². The molecule has 0 saturated carbocycles. The Balaban J connectivity index is 1.76. The molecule has 0 saturated heterocycles. The van der Waals surface area contributed by atoms with E-state index in [1.54, 1.807) is 0 Å². The van der Waals surface area contributed by atoms with Crippen LogP contribution in [0.2, 0.25) is 0 Å². The molecular weight excluding hydrogens is 330 g/mol. The van der Waals surface area contributed by atoms with Crippen molar-refractivity contribution >= 4 is 27.5 Å². The maximum Gasteiger partial charge on any atom is 0.227 e.